The highest BCUT2D eigenvalue weighted by molar-refractivity contribution is 6.33. The number of aromatic nitrogens is 1. The van der Waals surface area contributed by atoms with Crippen molar-refractivity contribution in [3.8, 4) is 0 Å². The first-order chi connectivity index (χ1) is 12.9. The van der Waals surface area contributed by atoms with Gasteiger partial charge in [-0.3, -0.25) is 0 Å². The summed E-state index contributed by atoms with van der Waals surface area (Å²) in [6.07, 6.45) is 0. The van der Waals surface area contributed by atoms with Crippen molar-refractivity contribution in [3.05, 3.63) is 46.4 Å². The molecule has 148 valence electrons. The molecule has 6 nitrogen and oxygen atoms in total. The second kappa shape index (κ2) is 9.71. The maximum Gasteiger partial charge on any atom is 0.0882 e. The van der Waals surface area contributed by atoms with Gasteiger partial charge in [0.05, 0.1) is 32.0 Å². The van der Waals surface area contributed by atoms with Crippen molar-refractivity contribution in [2.24, 2.45) is 7.05 Å². The van der Waals surface area contributed by atoms with Gasteiger partial charge in [0.25, 0.3) is 0 Å². The number of aryl methyl sites for hydroxylation is 1. The first kappa shape index (κ1) is 21.9. The molecule has 0 aliphatic heterocycles. The lowest BCUT2D eigenvalue weighted by Gasteiger charge is -2.28. The third-order valence-corrected chi connectivity index (χ3v) is 4.92. The van der Waals surface area contributed by atoms with Gasteiger partial charge in [-0.15, -0.1) is 0 Å². The summed E-state index contributed by atoms with van der Waals surface area (Å²) < 4.78 is 2.15. The van der Waals surface area contributed by atoms with Gasteiger partial charge < -0.3 is 30.3 Å². The third kappa shape index (κ3) is 4.92. The second-order valence-corrected chi connectivity index (χ2v) is 7.16. The number of nitrogens with one attached hydrogen (secondary N) is 1. The van der Waals surface area contributed by atoms with Gasteiger partial charge in [0.1, 0.15) is 0 Å². The van der Waals surface area contributed by atoms with Gasteiger partial charge in [0.2, 0.25) is 0 Å². The number of β-amino-alcohol motifs (C(OH)–C–C–N with tert-alkyl or cyclic N) is 1. The molecule has 0 saturated carbocycles. The van der Waals surface area contributed by atoms with E-state index in [1.54, 1.807) is 0 Å². The van der Waals surface area contributed by atoms with E-state index in [4.69, 9.17) is 43.6 Å². The van der Waals surface area contributed by atoms with Crippen LogP contribution in [0.3, 0.4) is 0 Å². The number of hydrogen-bond acceptors (Lipinski definition) is 5. The largest absolute Gasteiger partial charge is 0.395 e. The molecule has 1 aromatic heterocycles. The van der Waals surface area contributed by atoms with E-state index in [2.05, 4.69) is 9.88 Å². The molecular weight excluding hydrogens is 391 g/mol. The van der Waals surface area contributed by atoms with Gasteiger partial charge in [-0.1, -0.05) is 23.2 Å². The molecule has 0 fully saturated rings. The normalized spacial score (nSPS) is 11.7. The van der Waals surface area contributed by atoms with Crippen LogP contribution in [-0.4, -0.2) is 63.5 Å². The van der Waals surface area contributed by atoms with E-state index >= 15 is 0 Å². The molecule has 1 heterocycles. The summed E-state index contributed by atoms with van der Waals surface area (Å²) in [4.78, 5) is 0. The molecule has 3 aromatic rings. The summed E-state index contributed by atoms with van der Waals surface area (Å²) in [5.41, 5.74) is 1.27. The molecule has 27 heavy (non-hydrogen) atoms. The van der Waals surface area contributed by atoms with Crippen LogP contribution in [0.25, 0.3) is 21.8 Å². The molecule has 5 N–H and O–H groups in total. The van der Waals surface area contributed by atoms with Gasteiger partial charge in [0, 0.05) is 45.4 Å². The molecule has 2 aromatic carbocycles. The van der Waals surface area contributed by atoms with Crippen LogP contribution in [0.5, 0.6) is 0 Å². The van der Waals surface area contributed by atoms with Crippen LogP contribution < -0.4 is 5.32 Å². The minimum atomic E-state index is -1.07. The van der Waals surface area contributed by atoms with E-state index in [0.29, 0.717) is 0 Å². The van der Waals surface area contributed by atoms with Crippen LogP contribution in [0.15, 0.2) is 36.4 Å². The summed E-state index contributed by atoms with van der Waals surface area (Å²) >= 11 is 12.1. The Morgan fingerprint density at radius 1 is 0.852 bits per heavy atom. The molecule has 0 aliphatic carbocycles. The smallest absolute Gasteiger partial charge is 0.0882 e. The molecule has 0 radical (unpaired) electrons. The van der Waals surface area contributed by atoms with Crippen LogP contribution in [0, 0.1) is 0 Å². The number of hydrogen-bond donors (Lipinski definition) is 5. The lowest BCUT2D eigenvalue weighted by Crippen LogP contribution is -2.55. The Balaban J connectivity index is 0.000000211. The van der Waals surface area contributed by atoms with E-state index in [-0.39, 0.29) is 33.0 Å². The lowest BCUT2D eigenvalue weighted by atomic mass is 10.0. The van der Waals surface area contributed by atoms with Crippen molar-refractivity contribution in [1.82, 2.24) is 9.88 Å². The van der Waals surface area contributed by atoms with Crippen LogP contribution >= 0.6 is 23.2 Å². The Morgan fingerprint density at radius 2 is 1.30 bits per heavy atom. The summed E-state index contributed by atoms with van der Waals surface area (Å²) in [5.74, 6) is 0. The van der Waals surface area contributed by atoms with Gasteiger partial charge in [-0.05, 0) is 36.4 Å². The van der Waals surface area contributed by atoms with E-state index < -0.39 is 5.54 Å². The Kier molecular flexibility index (Phi) is 7.88. The van der Waals surface area contributed by atoms with Crippen molar-refractivity contribution >= 4 is 45.0 Å². The zero-order valence-electron chi connectivity index (χ0n) is 15.0. The number of nitrogens with zero attached hydrogens (tertiary/aromatic N) is 1. The summed E-state index contributed by atoms with van der Waals surface area (Å²) in [6, 6.07) is 11.8. The Bertz CT molecular complexity index is 827. The number of benzene rings is 2. The zero-order chi connectivity index (χ0) is 20.0. The molecule has 0 spiro atoms. The maximum absolute atomic E-state index is 8.74. The molecule has 0 amide bonds. The highest BCUT2D eigenvalue weighted by Crippen LogP contribution is 2.31. The second-order valence-electron chi connectivity index (χ2n) is 6.29. The topological polar surface area (TPSA) is 97.9 Å². The molecular formula is C19H24Cl2N2O4. The molecule has 0 saturated heterocycles. The van der Waals surface area contributed by atoms with E-state index in [9.17, 15) is 0 Å². The fourth-order valence-corrected chi connectivity index (χ4v) is 3.15. The maximum atomic E-state index is 8.74. The SMILES string of the molecule is Cn1c2ccc(Cl)cc2c2cc(Cl)ccc21.OCCNC(CO)(CO)CO. The number of fused-ring (bicyclic) bond motifs is 3. The number of halogens is 2. The number of aliphatic hydroxyl groups is 4. The first-order valence-corrected chi connectivity index (χ1v) is 9.18. The van der Waals surface area contributed by atoms with Crippen LogP contribution in [0.1, 0.15) is 0 Å². The van der Waals surface area contributed by atoms with Crippen molar-refractivity contribution in [3.63, 3.8) is 0 Å². The number of aliphatic hydroxyl groups excluding tert-OH is 4. The van der Waals surface area contributed by atoms with Gasteiger partial charge in [0.15, 0.2) is 0 Å². The predicted molar refractivity (Wildman–Crippen MR) is 110 cm³/mol. The first-order valence-electron chi connectivity index (χ1n) is 8.43. The van der Waals surface area contributed by atoms with Gasteiger partial charge >= 0.3 is 0 Å². The van der Waals surface area contributed by atoms with E-state index in [1.165, 1.54) is 11.0 Å². The fourth-order valence-electron chi connectivity index (χ4n) is 2.80. The third-order valence-electron chi connectivity index (χ3n) is 4.45. The molecule has 0 atom stereocenters. The highest BCUT2D eigenvalue weighted by atomic mass is 35.5. The average Bonchev–Trinajstić information content (AvgIpc) is 2.95. The minimum absolute atomic E-state index is 0.0955. The molecule has 3 rings (SSSR count). The Hall–Kier alpha value is -1.38. The van der Waals surface area contributed by atoms with Crippen molar-refractivity contribution in [2.75, 3.05) is 33.0 Å². The summed E-state index contributed by atoms with van der Waals surface area (Å²) in [7, 11) is 2.05. The van der Waals surface area contributed by atoms with E-state index in [1.807, 2.05) is 43.4 Å². The lowest BCUT2D eigenvalue weighted by molar-refractivity contribution is 0.0398. The molecule has 0 bridgehead atoms. The highest BCUT2D eigenvalue weighted by Gasteiger charge is 2.26. The van der Waals surface area contributed by atoms with E-state index in [0.717, 1.165) is 20.8 Å². The monoisotopic (exact) mass is 414 g/mol. The van der Waals surface area contributed by atoms with Crippen molar-refractivity contribution in [1.29, 1.82) is 0 Å². The number of rotatable bonds is 6. The van der Waals surface area contributed by atoms with Crippen LogP contribution in [-0.2, 0) is 7.05 Å². The Labute approximate surface area is 167 Å². The predicted octanol–water partition coefficient (Wildman–Crippen LogP) is 1.92. The fraction of sp³-hybridized carbons (Fsp3) is 0.368. The van der Waals surface area contributed by atoms with Crippen LogP contribution in [0.4, 0.5) is 0 Å². The summed E-state index contributed by atoms with van der Waals surface area (Å²) in [5, 5.41) is 41.0. The quantitative estimate of drug-likeness (QED) is 0.424. The summed E-state index contributed by atoms with van der Waals surface area (Å²) in [6.45, 7) is -0.941. The van der Waals surface area contributed by atoms with Gasteiger partial charge in [-0.2, -0.15) is 0 Å². The standard InChI is InChI=1S/C13H9Cl2N.C6H15NO4/c1-16-12-4-2-8(14)6-10(12)11-7-9(15)3-5-13(11)16;8-2-1-7-6(3-9,4-10)5-11/h2-7H,1H3;7-11H,1-5H2. The average molecular weight is 415 g/mol. The molecule has 8 heteroatoms. The van der Waals surface area contributed by atoms with Gasteiger partial charge in [-0.25, -0.2) is 0 Å². The van der Waals surface area contributed by atoms with Crippen molar-refractivity contribution in [2.45, 2.75) is 5.54 Å². The molecule has 0 aliphatic rings. The molecule has 0 unspecified atom stereocenters. The zero-order valence-corrected chi connectivity index (χ0v) is 16.5. The minimum Gasteiger partial charge on any atom is -0.395 e. The van der Waals surface area contributed by atoms with Crippen LogP contribution in [0.2, 0.25) is 10.0 Å². The van der Waals surface area contributed by atoms with Crippen molar-refractivity contribution < 1.29 is 20.4 Å². The Morgan fingerprint density at radius 3 is 1.67 bits per heavy atom.